The molecule has 0 aromatic heterocycles. The van der Waals surface area contributed by atoms with Crippen LogP contribution in [0.1, 0.15) is 24.1 Å². The Bertz CT molecular complexity index is 619. The van der Waals surface area contributed by atoms with Crippen molar-refractivity contribution in [1.82, 2.24) is 10.6 Å². The van der Waals surface area contributed by atoms with Gasteiger partial charge in [0.15, 0.2) is 0 Å². The molecule has 0 saturated carbocycles. The van der Waals surface area contributed by atoms with Crippen molar-refractivity contribution in [3.63, 3.8) is 0 Å². The van der Waals surface area contributed by atoms with Crippen LogP contribution in [0.5, 0.6) is 0 Å². The number of hydrogen-bond acceptors (Lipinski definition) is 3. The molecule has 4 N–H and O–H groups in total. The summed E-state index contributed by atoms with van der Waals surface area (Å²) in [5.74, 6) is 0. The zero-order valence-corrected chi connectivity index (χ0v) is 13.7. The van der Waals surface area contributed by atoms with Crippen LogP contribution in [-0.4, -0.2) is 35.0 Å². The van der Waals surface area contributed by atoms with E-state index in [0.29, 0.717) is 13.0 Å². The molecule has 3 atom stereocenters. The lowest BCUT2D eigenvalue weighted by molar-refractivity contribution is 0.115. The molecule has 0 aliphatic heterocycles. The van der Waals surface area contributed by atoms with Gasteiger partial charge in [0.05, 0.1) is 12.1 Å². The highest BCUT2D eigenvalue weighted by Crippen LogP contribution is 2.12. The number of nitrogens with one attached hydrogen (secondary N) is 2. The van der Waals surface area contributed by atoms with E-state index < -0.39 is 18.2 Å². The second-order valence-corrected chi connectivity index (χ2v) is 5.85. The number of amides is 1. The van der Waals surface area contributed by atoms with Crippen molar-refractivity contribution < 1.29 is 15.0 Å². The quantitative estimate of drug-likeness (QED) is 0.600. The van der Waals surface area contributed by atoms with Gasteiger partial charge in [0.2, 0.25) is 0 Å². The zero-order valence-electron chi connectivity index (χ0n) is 13.7. The summed E-state index contributed by atoms with van der Waals surface area (Å²) in [6, 6.07) is 19.0. The second kappa shape index (κ2) is 9.05. The third kappa shape index (κ3) is 5.68. The van der Waals surface area contributed by atoms with Crippen LogP contribution in [0.4, 0.5) is 4.79 Å². The molecule has 5 nitrogen and oxygen atoms in total. The van der Waals surface area contributed by atoms with Crippen molar-refractivity contribution in [3.05, 3.63) is 71.8 Å². The minimum atomic E-state index is -1.13. The number of rotatable bonds is 8. The molecule has 5 heteroatoms. The summed E-state index contributed by atoms with van der Waals surface area (Å²) in [5, 5.41) is 25.1. The van der Waals surface area contributed by atoms with Gasteiger partial charge in [-0.2, -0.15) is 0 Å². The lowest BCUT2D eigenvalue weighted by atomic mass is 10.0. The number of carbonyl (C=O) groups is 1. The fraction of sp³-hybridized carbons (Fsp3) is 0.316. The molecule has 1 unspecified atom stereocenters. The first kappa shape index (κ1) is 18.0. The van der Waals surface area contributed by atoms with Gasteiger partial charge < -0.3 is 20.8 Å². The maximum atomic E-state index is 11.0. The van der Waals surface area contributed by atoms with Gasteiger partial charge in [-0.1, -0.05) is 60.7 Å². The maximum absolute atomic E-state index is 11.0. The Morgan fingerprint density at radius 3 is 2.21 bits per heavy atom. The van der Waals surface area contributed by atoms with Gasteiger partial charge in [-0.25, -0.2) is 4.79 Å². The Morgan fingerprint density at radius 2 is 1.62 bits per heavy atom. The number of hydrogen-bond donors (Lipinski definition) is 4. The van der Waals surface area contributed by atoms with E-state index >= 15 is 0 Å². The van der Waals surface area contributed by atoms with Crippen LogP contribution in [0.15, 0.2) is 60.7 Å². The van der Waals surface area contributed by atoms with Gasteiger partial charge in [0.25, 0.3) is 0 Å². The highest BCUT2D eigenvalue weighted by atomic mass is 16.4. The summed E-state index contributed by atoms with van der Waals surface area (Å²) in [5.41, 5.74) is 2.10. The molecule has 0 heterocycles. The van der Waals surface area contributed by atoms with E-state index in [2.05, 4.69) is 10.6 Å². The average molecular weight is 328 g/mol. The summed E-state index contributed by atoms with van der Waals surface area (Å²) in [7, 11) is 0. The molecule has 2 aromatic carbocycles. The van der Waals surface area contributed by atoms with Crippen molar-refractivity contribution >= 4 is 6.09 Å². The molecule has 128 valence electrons. The molecule has 0 saturated heterocycles. The smallest absolute Gasteiger partial charge is 0.404 e. The van der Waals surface area contributed by atoms with Gasteiger partial charge in [-0.15, -0.1) is 0 Å². The maximum Gasteiger partial charge on any atom is 0.404 e. The highest BCUT2D eigenvalue weighted by molar-refractivity contribution is 5.65. The Hall–Kier alpha value is -2.37. The molecular formula is C19H24N2O3. The summed E-state index contributed by atoms with van der Waals surface area (Å²) >= 11 is 0. The predicted molar refractivity (Wildman–Crippen MR) is 94.0 cm³/mol. The number of aliphatic hydroxyl groups excluding tert-OH is 1. The first-order valence-corrected chi connectivity index (χ1v) is 8.06. The van der Waals surface area contributed by atoms with Gasteiger partial charge >= 0.3 is 6.09 Å². The SMILES string of the molecule is CC(NC[C@@H](O)[C@H](Cc1ccccc1)NC(=O)O)c1ccccc1. The molecular weight excluding hydrogens is 304 g/mol. The van der Waals surface area contributed by atoms with Crippen molar-refractivity contribution in [2.24, 2.45) is 0 Å². The monoisotopic (exact) mass is 328 g/mol. The van der Waals surface area contributed by atoms with Crippen LogP contribution in [0.2, 0.25) is 0 Å². The molecule has 1 amide bonds. The molecule has 0 aliphatic rings. The normalized spacial score (nSPS) is 14.6. The van der Waals surface area contributed by atoms with Crippen LogP contribution >= 0.6 is 0 Å². The number of carboxylic acid groups (broad SMARTS) is 1. The predicted octanol–water partition coefficient (Wildman–Crippen LogP) is 2.58. The van der Waals surface area contributed by atoms with Crippen LogP contribution in [-0.2, 0) is 6.42 Å². The van der Waals surface area contributed by atoms with Crippen LogP contribution < -0.4 is 10.6 Å². The summed E-state index contributed by atoms with van der Waals surface area (Å²) in [4.78, 5) is 11.0. The topological polar surface area (TPSA) is 81.6 Å². The van der Waals surface area contributed by atoms with E-state index in [1.165, 1.54) is 0 Å². The molecule has 0 spiro atoms. The van der Waals surface area contributed by atoms with Crippen molar-refractivity contribution in [2.45, 2.75) is 31.5 Å². The minimum Gasteiger partial charge on any atom is -0.465 e. The van der Waals surface area contributed by atoms with Crippen molar-refractivity contribution in [2.75, 3.05) is 6.54 Å². The fourth-order valence-electron chi connectivity index (χ4n) is 2.61. The van der Waals surface area contributed by atoms with Crippen LogP contribution in [0, 0.1) is 0 Å². The van der Waals surface area contributed by atoms with Gasteiger partial charge in [-0.05, 0) is 24.5 Å². The van der Waals surface area contributed by atoms with Crippen molar-refractivity contribution in [1.29, 1.82) is 0 Å². The van der Waals surface area contributed by atoms with E-state index in [-0.39, 0.29) is 6.04 Å². The number of benzene rings is 2. The van der Waals surface area contributed by atoms with E-state index in [1.807, 2.05) is 67.6 Å². The molecule has 2 rings (SSSR count). The summed E-state index contributed by atoms with van der Waals surface area (Å²) < 4.78 is 0. The summed E-state index contributed by atoms with van der Waals surface area (Å²) in [6.07, 6.45) is -1.52. The lowest BCUT2D eigenvalue weighted by Gasteiger charge is -2.25. The average Bonchev–Trinajstić information content (AvgIpc) is 2.60. The fourth-order valence-corrected chi connectivity index (χ4v) is 2.61. The van der Waals surface area contributed by atoms with Crippen LogP contribution in [0.25, 0.3) is 0 Å². The first-order chi connectivity index (χ1) is 11.6. The third-order valence-electron chi connectivity index (χ3n) is 4.00. The molecule has 0 fully saturated rings. The number of aliphatic hydroxyl groups is 1. The largest absolute Gasteiger partial charge is 0.465 e. The Morgan fingerprint density at radius 1 is 1.04 bits per heavy atom. The zero-order chi connectivity index (χ0) is 17.4. The standard InChI is InChI=1S/C19H24N2O3/c1-14(16-10-6-3-7-11-16)20-13-18(22)17(21-19(23)24)12-15-8-4-2-5-9-15/h2-11,14,17-18,20-22H,12-13H2,1H3,(H,23,24)/t14?,17-,18+/m0/s1. The van der Waals surface area contributed by atoms with E-state index in [4.69, 9.17) is 5.11 Å². The van der Waals surface area contributed by atoms with Crippen molar-refractivity contribution in [3.8, 4) is 0 Å². The Labute approximate surface area is 142 Å². The van der Waals surface area contributed by atoms with Crippen LogP contribution in [0.3, 0.4) is 0 Å². The Balaban J connectivity index is 1.94. The molecule has 0 aliphatic carbocycles. The lowest BCUT2D eigenvalue weighted by Crippen LogP contribution is -2.48. The molecule has 0 radical (unpaired) electrons. The van der Waals surface area contributed by atoms with E-state index in [0.717, 1.165) is 11.1 Å². The summed E-state index contributed by atoms with van der Waals surface area (Å²) in [6.45, 7) is 2.31. The Kier molecular flexibility index (Phi) is 6.78. The molecule has 0 bridgehead atoms. The van der Waals surface area contributed by atoms with E-state index in [1.54, 1.807) is 0 Å². The third-order valence-corrected chi connectivity index (χ3v) is 4.00. The minimum absolute atomic E-state index is 0.0723. The van der Waals surface area contributed by atoms with Gasteiger partial charge in [-0.3, -0.25) is 0 Å². The van der Waals surface area contributed by atoms with Gasteiger partial charge in [0.1, 0.15) is 0 Å². The molecule has 24 heavy (non-hydrogen) atoms. The highest BCUT2D eigenvalue weighted by Gasteiger charge is 2.22. The van der Waals surface area contributed by atoms with Gasteiger partial charge in [0, 0.05) is 12.6 Å². The first-order valence-electron chi connectivity index (χ1n) is 8.06. The van der Waals surface area contributed by atoms with E-state index in [9.17, 15) is 9.90 Å². The second-order valence-electron chi connectivity index (χ2n) is 5.85. The molecule has 2 aromatic rings.